The van der Waals surface area contributed by atoms with Crippen LogP contribution in [0.4, 0.5) is 21.7 Å². The molecule has 0 aliphatic carbocycles. The highest BCUT2D eigenvalue weighted by Gasteiger charge is 2.13. The molecular formula is C18H13Cl2FN4O. The van der Waals surface area contributed by atoms with Gasteiger partial charge in [0.2, 0.25) is 5.95 Å². The fourth-order valence-corrected chi connectivity index (χ4v) is 2.56. The van der Waals surface area contributed by atoms with Gasteiger partial charge in [0.05, 0.1) is 15.7 Å². The molecule has 3 rings (SSSR count). The number of nitrogens with zero attached hydrogens (tertiary/aromatic N) is 2. The lowest BCUT2D eigenvalue weighted by Gasteiger charge is -2.10. The predicted molar refractivity (Wildman–Crippen MR) is 101 cm³/mol. The fourth-order valence-electron chi connectivity index (χ4n) is 2.19. The molecule has 5 nitrogen and oxygen atoms in total. The maximum atomic E-state index is 13.2. The van der Waals surface area contributed by atoms with E-state index in [4.69, 9.17) is 23.2 Å². The Balaban J connectivity index is 1.83. The quantitative estimate of drug-likeness (QED) is 0.640. The summed E-state index contributed by atoms with van der Waals surface area (Å²) >= 11 is 11.8. The second-order valence-corrected chi connectivity index (χ2v) is 6.22. The molecule has 1 aromatic heterocycles. The summed E-state index contributed by atoms with van der Waals surface area (Å²) in [6.07, 6.45) is 0. The normalized spacial score (nSPS) is 10.5. The standard InChI is InChI=1S/C18H13Cl2FN4O/c1-10-8-16(17(26)23-11-6-7-14(21)13(20)9-11)25-18(22-10)24-15-5-3-2-4-12(15)19/h2-9H,1H3,(H,23,26)(H,22,24,25). The van der Waals surface area contributed by atoms with Crippen LogP contribution in [0.5, 0.6) is 0 Å². The summed E-state index contributed by atoms with van der Waals surface area (Å²) in [7, 11) is 0. The van der Waals surface area contributed by atoms with E-state index in [1.54, 1.807) is 25.1 Å². The molecule has 0 atom stereocenters. The summed E-state index contributed by atoms with van der Waals surface area (Å²) in [6.45, 7) is 1.74. The molecule has 3 aromatic rings. The molecule has 8 heteroatoms. The van der Waals surface area contributed by atoms with Gasteiger partial charge in [-0.3, -0.25) is 4.79 Å². The minimum absolute atomic E-state index is 0.0808. The summed E-state index contributed by atoms with van der Waals surface area (Å²) in [4.78, 5) is 20.9. The Labute approximate surface area is 159 Å². The zero-order chi connectivity index (χ0) is 18.7. The number of aromatic nitrogens is 2. The number of para-hydroxylation sites is 1. The molecule has 0 spiro atoms. The smallest absolute Gasteiger partial charge is 0.274 e. The molecule has 2 aromatic carbocycles. The van der Waals surface area contributed by atoms with Gasteiger partial charge in [-0.2, -0.15) is 0 Å². The van der Waals surface area contributed by atoms with Gasteiger partial charge in [-0.1, -0.05) is 35.3 Å². The van der Waals surface area contributed by atoms with E-state index in [1.807, 2.05) is 6.07 Å². The summed E-state index contributed by atoms with van der Waals surface area (Å²) in [5.41, 5.74) is 1.72. The van der Waals surface area contributed by atoms with Gasteiger partial charge in [0.1, 0.15) is 11.5 Å². The van der Waals surface area contributed by atoms with Crippen LogP contribution in [0.2, 0.25) is 10.0 Å². The number of benzene rings is 2. The van der Waals surface area contributed by atoms with Crippen LogP contribution in [-0.4, -0.2) is 15.9 Å². The van der Waals surface area contributed by atoms with Crippen LogP contribution >= 0.6 is 23.2 Å². The van der Waals surface area contributed by atoms with Crippen molar-refractivity contribution in [2.24, 2.45) is 0 Å². The number of carbonyl (C=O) groups excluding carboxylic acids is 1. The Kier molecular flexibility index (Phi) is 5.35. The third-order valence-electron chi connectivity index (χ3n) is 3.38. The van der Waals surface area contributed by atoms with Gasteiger partial charge in [0.25, 0.3) is 5.91 Å². The number of nitrogens with one attached hydrogen (secondary N) is 2. The molecule has 0 aliphatic rings. The molecular weight excluding hydrogens is 378 g/mol. The number of rotatable bonds is 4. The van der Waals surface area contributed by atoms with E-state index in [1.165, 1.54) is 24.3 Å². The SMILES string of the molecule is Cc1cc(C(=O)Nc2ccc(F)c(Cl)c2)nc(Nc2ccccc2Cl)n1. The first-order valence-corrected chi connectivity index (χ1v) is 8.31. The molecule has 2 N–H and O–H groups in total. The van der Waals surface area contributed by atoms with Crippen molar-refractivity contribution in [1.29, 1.82) is 0 Å². The van der Waals surface area contributed by atoms with Crippen LogP contribution in [0, 0.1) is 12.7 Å². The second-order valence-electron chi connectivity index (χ2n) is 5.41. The van der Waals surface area contributed by atoms with Crippen molar-refractivity contribution < 1.29 is 9.18 Å². The number of carbonyl (C=O) groups is 1. The first-order valence-electron chi connectivity index (χ1n) is 7.56. The predicted octanol–water partition coefficient (Wildman–Crippen LogP) is 5.23. The van der Waals surface area contributed by atoms with Crippen LogP contribution in [-0.2, 0) is 0 Å². The van der Waals surface area contributed by atoms with E-state index >= 15 is 0 Å². The zero-order valence-electron chi connectivity index (χ0n) is 13.6. The number of halogens is 3. The summed E-state index contributed by atoms with van der Waals surface area (Å²) in [5.74, 6) is -0.797. The average molecular weight is 391 g/mol. The maximum Gasteiger partial charge on any atom is 0.274 e. The fraction of sp³-hybridized carbons (Fsp3) is 0.0556. The van der Waals surface area contributed by atoms with Crippen LogP contribution in [0.15, 0.2) is 48.5 Å². The van der Waals surface area contributed by atoms with E-state index in [0.29, 0.717) is 22.1 Å². The van der Waals surface area contributed by atoms with Gasteiger partial charge in [-0.15, -0.1) is 0 Å². The molecule has 26 heavy (non-hydrogen) atoms. The lowest BCUT2D eigenvalue weighted by Crippen LogP contribution is -2.15. The summed E-state index contributed by atoms with van der Waals surface area (Å²) in [6, 6.07) is 12.6. The first kappa shape index (κ1) is 18.1. The summed E-state index contributed by atoms with van der Waals surface area (Å²) < 4.78 is 13.2. The number of amides is 1. The number of aryl methyl sites for hydroxylation is 1. The van der Waals surface area contributed by atoms with E-state index in [-0.39, 0.29) is 16.7 Å². The highest BCUT2D eigenvalue weighted by atomic mass is 35.5. The van der Waals surface area contributed by atoms with Crippen molar-refractivity contribution in [2.75, 3.05) is 10.6 Å². The van der Waals surface area contributed by atoms with E-state index in [9.17, 15) is 9.18 Å². The van der Waals surface area contributed by atoms with Gasteiger partial charge in [0, 0.05) is 11.4 Å². The average Bonchev–Trinajstić information content (AvgIpc) is 2.60. The number of hydrogen-bond acceptors (Lipinski definition) is 4. The third-order valence-corrected chi connectivity index (χ3v) is 4.00. The van der Waals surface area contributed by atoms with Crippen LogP contribution in [0.1, 0.15) is 16.2 Å². The van der Waals surface area contributed by atoms with E-state index in [0.717, 1.165) is 0 Å². The Morgan fingerprint density at radius 1 is 1.04 bits per heavy atom. The maximum absolute atomic E-state index is 13.2. The largest absolute Gasteiger partial charge is 0.323 e. The molecule has 1 heterocycles. The summed E-state index contributed by atoms with van der Waals surface area (Å²) in [5, 5.41) is 6.03. The van der Waals surface area contributed by atoms with Crippen molar-refractivity contribution in [1.82, 2.24) is 9.97 Å². The first-order chi connectivity index (χ1) is 12.4. The lowest BCUT2D eigenvalue weighted by molar-refractivity contribution is 0.102. The van der Waals surface area contributed by atoms with Gasteiger partial charge in [0.15, 0.2) is 0 Å². The van der Waals surface area contributed by atoms with Crippen molar-refractivity contribution in [3.63, 3.8) is 0 Å². The molecule has 1 amide bonds. The minimum Gasteiger partial charge on any atom is -0.323 e. The molecule has 0 saturated heterocycles. The topological polar surface area (TPSA) is 66.9 Å². The third kappa shape index (κ3) is 4.28. The molecule has 0 radical (unpaired) electrons. The van der Waals surface area contributed by atoms with Crippen LogP contribution in [0.25, 0.3) is 0 Å². The van der Waals surface area contributed by atoms with Gasteiger partial charge in [-0.25, -0.2) is 14.4 Å². The minimum atomic E-state index is -0.561. The van der Waals surface area contributed by atoms with Crippen LogP contribution < -0.4 is 10.6 Å². The highest BCUT2D eigenvalue weighted by molar-refractivity contribution is 6.33. The van der Waals surface area contributed by atoms with Gasteiger partial charge >= 0.3 is 0 Å². The molecule has 132 valence electrons. The molecule has 0 fully saturated rings. The van der Waals surface area contributed by atoms with Crippen LogP contribution in [0.3, 0.4) is 0 Å². The van der Waals surface area contributed by atoms with Gasteiger partial charge in [-0.05, 0) is 43.3 Å². The highest BCUT2D eigenvalue weighted by Crippen LogP contribution is 2.24. The Bertz CT molecular complexity index is 981. The Hall–Kier alpha value is -2.70. The number of anilines is 3. The van der Waals surface area contributed by atoms with Crippen molar-refractivity contribution in [3.05, 3.63) is 75.8 Å². The molecule has 0 saturated carbocycles. The molecule has 0 bridgehead atoms. The Morgan fingerprint density at radius 3 is 2.54 bits per heavy atom. The molecule has 0 unspecified atom stereocenters. The van der Waals surface area contributed by atoms with E-state index < -0.39 is 11.7 Å². The number of hydrogen-bond donors (Lipinski definition) is 2. The van der Waals surface area contributed by atoms with Gasteiger partial charge < -0.3 is 10.6 Å². The monoisotopic (exact) mass is 390 g/mol. The van der Waals surface area contributed by atoms with Crippen molar-refractivity contribution in [3.8, 4) is 0 Å². The lowest BCUT2D eigenvalue weighted by atomic mass is 10.2. The second kappa shape index (κ2) is 7.68. The zero-order valence-corrected chi connectivity index (χ0v) is 15.1. The van der Waals surface area contributed by atoms with Crippen molar-refractivity contribution in [2.45, 2.75) is 6.92 Å². The van der Waals surface area contributed by atoms with E-state index in [2.05, 4.69) is 20.6 Å². The molecule has 0 aliphatic heterocycles. The van der Waals surface area contributed by atoms with Crippen molar-refractivity contribution >= 4 is 46.4 Å². The Morgan fingerprint density at radius 2 is 1.81 bits per heavy atom.